The van der Waals surface area contributed by atoms with Crippen molar-refractivity contribution in [3.8, 4) is 0 Å². The van der Waals surface area contributed by atoms with Crippen LogP contribution in [-0.2, 0) is 0 Å². The zero-order chi connectivity index (χ0) is 12.7. The smallest absolute Gasteiger partial charge is 0.0249 e. The van der Waals surface area contributed by atoms with Crippen LogP contribution < -0.4 is 5.32 Å². The van der Waals surface area contributed by atoms with Crippen LogP contribution in [0.2, 0.25) is 0 Å². The van der Waals surface area contributed by atoms with Crippen LogP contribution in [0.1, 0.15) is 39.0 Å². The lowest BCUT2D eigenvalue weighted by molar-refractivity contribution is 0.116. The molecule has 2 unspecified atom stereocenters. The maximum absolute atomic E-state index is 3.53. The molecule has 1 aliphatic rings. The summed E-state index contributed by atoms with van der Waals surface area (Å²) in [5.41, 5.74) is 0. The van der Waals surface area contributed by atoms with Crippen LogP contribution in [-0.4, -0.2) is 62.7 Å². The fourth-order valence-electron chi connectivity index (χ4n) is 2.94. The van der Waals surface area contributed by atoms with Gasteiger partial charge in [-0.2, -0.15) is 0 Å². The predicted molar refractivity (Wildman–Crippen MR) is 75.5 cm³/mol. The van der Waals surface area contributed by atoms with E-state index in [9.17, 15) is 0 Å². The van der Waals surface area contributed by atoms with E-state index in [2.05, 4.69) is 43.2 Å². The molecule has 2 atom stereocenters. The molecular formula is C14H31N3. The van der Waals surface area contributed by atoms with E-state index in [0.29, 0.717) is 6.04 Å². The lowest BCUT2D eigenvalue weighted by Crippen LogP contribution is -2.52. The number of hydrogen-bond acceptors (Lipinski definition) is 3. The molecule has 0 aromatic rings. The van der Waals surface area contributed by atoms with Crippen molar-refractivity contribution in [2.45, 2.75) is 51.1 Å². The Balaban J connectivity index is 2.53. The molecule has 3 heteroatoms. The molecule has 0 radical (unpaired) electrons. The average Bonchev–Trinajstić information content (AvgIpc) is 2.34. The van der Waals surface area contributed by atoms with Gasteiger partial charge < -0.3 is 10.2 Å². The van der Waals surface area contributed by atoms with Gasteiger partial charge >= 0.3 is 0 Å². The van der Waals surface area contributed by atoms with Gasteiger partial charge in [0.2, 0.25) is 0 Å². The molecule has 0 aliphatic heterocycles. The topological polar surface area (TPSA) is 18.5 Å². The summed E-state index contributed by atoms with van der Waals surface area (Å²) in [5.74, 6) is 0. The van der Waals surface area contributed by atoms with E-state index in [1.165, 1.54) is 51.7 Å². The molecule has 1 rings (SSSR count). The first kappa shape index (κ1) is 14.9. The highest BCUT2D eigenvalue weighted by atomic mass is 15.2. The van der Waals surface area contributed by atoms with E-state index in [1.807, 2.05) is 0 Å². The second-order valence-electron chi connectivity index (χ2n) is 5.59. The Kier molecular flexibility index (Phi) is 7.09. The summed E-state index contributed by atoms with van der Waals surface area (Å²) in [5, 5.41) is 3.53. The summed E-state index contributed by atoms with van der Waals surface area (Å²) in [6.45, 7) is 5.92. The predicted octanol–water partition coefficient (Wildman–Crippen LogP) is 1.79. The molecule has 0 saturated heterocycles. The van der Waals surface area contributed by atoms with Crippen molar-refractivity contribution in [1.29, 1.82) is 0 Å². The molecule has 0 amide bonds. The van der Waals surface area contributed by atoms with Gasteiger partial charge in [-0.25, -0.2) is 0 Å². The van der Waals surface area contributed by atoms with Gasteiger partial charge in [-0.05, 0) is 47.0 Å². The Bertz CT molecular complexity index is 194. The molecule has 1 N–H and O–H groups in total. The SMILES string of the molecule is CCCN(CCN(C)C)C1CCCCC1NC. The number of rotatable bonds is 7. The van der Waals surface area contributed by atoms with Gasteiger partial charge in [0.25, 0.3) is 0 Å². The summed E-state index contributed by atoms with van der Waals surface area (Å²) in [6, 6.07) is 1.46. The van der Waals surface area contributed by atoms with E-state index < -0.39 is 0 Å². The monoisotopic (exact) mass is 241 g/mol. The Morgan fingerprint density at radius 2 is 1.76 bits per heavy atom. The minimum absolute atomic E-state index is 0.706. The summed E-state index contributed by atoms with van der Waals surface area (Å²) >= 11 is 0. The highest BCUT2D eigenvalue weighted by Crippen LogP contribution is 2.23. The van der Waals surface area contributed by atoms with Crippen LogP contribution in [0, 0.1) is 0 Å². The van der Waals surface area contributed by atoms with Crippen LogP contribution in [0.3, 0.4) is 0 Å². The Hall–Kier alpha value is -0.120. The quantitative estimate of drug-likeness (QED) is 0.733. The Labute approximate surface area is 108 Å². The zero-order valence-electron chi connectivity index (χ0n) is 12.2. The van der Waals surface area contributed by atoms with E-state index in [-0.39, 0.29) is 0 Å². The molecule has 17 heavy (non-hydrogen) atoms. The third-order valence-electron chi connectivity index (χ3n) is 3.91. The minimum Gasteiger partial charge on any atom is -0.315 e. The van der Waals surface area contributed by atoms with Gasteiger partial charge in [-0.1, -0.05) is 19.8 Å². The highest BCUT2D eigenvalue weighted by Gasteiger charge is 2.28. The molecule has 102 valence electrons. The molecule has 0 aromatic carbocycles. The van der Waals surface area contributed by atoms with E-state index >= 15 is 0 Å². The summed E-state index contributed by atoms with van der Waals surface area (Å²) in [4.78, 5) is 5.00. The van der Waals surface area contributed by atoms with E-state index in [1.54, 1.807) is 0 Å². The van der Waals surface area contributed by atoms with Crippen LogP contribution >= 0.6 is 0 Å². The van der Waals surface area contributed by atoms with Gasteiger partial charge in [-0.15, -0.1) is 0 Å². The number of hydrogen-bond donors (Lipinski definition) is 1. The number of likely N-dealkylation sites (N-methyl/N-ethyl adjacent to an activating group) is 2. The van der Waals surface area contributed by atoms with Crippen molar-refractivity contribution in [3.63, 3.8) is 0 Å². The van der Waals surface area contributed by atoms with Crippen LogP contribution in [0.4, 0.5) is 0 Å². The lowest BCUT2D eigenvalue weighted by atomic mass is 9.89. The molecule has 3 nitrogen and oxygen atoms in total. The highest BCUT2D eigenvalue weighted by molar-refractivity contribution is 4.87. The van der Waals surface area contributed by atoms with Crippen molar-refractivity contribution in [1.82, 2.24) is 15.1 Å². The van der Waals surface area contributed by atoms with E-state index in [0.717, 1.165) is 6.04 Å². The van der Waals surface area contributed by atoms with Gasteiger partial charge in [0.05, 0.1) is 0 Å². The van der Waals surface area contributed by atoms with E-state index in [4.69, 9.17) is 0 Å². The van der Waals surface area contributed by atoms with Crippen molar-refractivity contribution < 1.29 is 0 Å². The molecule has 0 spiro atoms. The fourth-order valence-corrected chi connectivity index (χ4v) is 2.94. The van der Waals surface area contributed by atoms with Gasteiger partial charge in [0.15, 0.2) is 0 Å². The minimum atomic E-state index is 0.706. The third-order valence-corrected chi connectivity index (χ3v) is 3.91. The van der Waals surface area contributed by atoms with Gasteiger partial charge in [0, 0.05) is 25.2 Å². The number of nitrogens with one attached hydrogen (secondary N) is 1. The first-order chi connectivity index (χ1) is 8.19. The largest absolute Gasteiger partial charge is 0.315 e. The third kappa shape index (κ3) is 4.94. The van der Waals surface area contributed by atoms with Crippen molar-refractivity contribution in [2.24, 2.45) is 0 Å². The standard InChI is InChI=1S/C14H31N3/c1-5-10-17(12-11-16(3)4)14-9-7-6-8-13(14)15-2/h13-15H,5-12H2,1-4H3. The first-order valence-corrected chi connectivity index (χ1v) is 7.25. The van der Waals surface area contributed by atoms with Crippen molar-refractivity contribution >= 4 is 0 Å². The second-order valence-corrected chi connectivity index (χ2v) is 5.59. The summed E-state index contributed by atoms with van der Waals surface area (Å²) in [7, 11) is 6.46. The second kappa shape index (κ2) is 8.06. The fraction of sp³-hybridized carbons (Fsp3) is 1.00. The first-order valence-electron chi connectivity index (χ1n) is 7.25. The maximum atomic E-state index is 3.53. The molecule has 0 bridgehead atoms. The zero-order valence-corrected chi connectivity index (χ0v) is 12.2. The molecular weight excluding hydrogens is 210 g/mol. The molecule has 0 heterocycles. The van der Waals surface area contributed by atoms with Crippen LogP contribution in [0.15, 0.2) is 0 Å². The normalized spacial score (nSPS) is 25.8. The number of nitrogens with zero attached hydrogens (tertiary/aromatic N) is 2. The Morgan fingerprint density at radius 1 is 1.06 bits per heavy atom. The van der Waals surface area contributed by atoms with Gasteiger partial charge in [-0.3, -0.25) is 4.90 Å². The summed E-state index contributed by atoms with van der Waals surface area (Å²) in [6.07, 6.45) is 6.79. The Morgan fingerprint density at radius 3 is 2.35 bits per heavy atom. The molecule has 1 aliphatic carbocycles. The maximum Gasteiger partial charge on any atom is 0.0249 e. The summed E-state index contributed by atoms with van der Waals surface area (Å²) < 4.78 is 0. The van der Waals surface area contributed by atoms with Crippen LogP contribution in [0.25, 0.3) is 0 Å². The molecule has 1 saturated carbocycles. The lowest BCUT2D eigenvalue weighted by Gasteiger charge is -2.40. The average molecular weight is 241 g/mol. The van der Waals surface area contributed by atoms with Gasteiger partial charge in [0.1, 0.15) is 0 Å². The van der Waals surface area contributed by atoms with Crippen molar-refractivity contribution in [3.05, 3.63) is 0 Å². The van der Waals surface area contributed by atoms with Crippen LogP contribution in [0.5, 0.6) is 0 Å². The van der Waals surface area contributed by atoms with Crippen molar-refractivity contribution in [2.75, 3.05) is 40.8 Å². The molecule has 0 aromatic heterocycles. The molecule has 1 fully saturated rings.